The van der Waals surface area contributed by atoms with Gasteiger partial charge in [-0.25, -0.2) is 16.8 Å². The van der Waals surface area contributed by atoms with E-state index >= 15 is 0 Å². The fourth-order valence-corrected chi connectivity index (χ4v) is 7.22. The number of benzene rings is 2. The van der Waals surface area contributed by atoms with Gasteiger partial charge in [0, 0.05) is 24.3 Å². The summed E-state index contributed by atoms with van der Waals surface area (Å²) in [6.45, 7) is 10.6. The molecule has 2 aromatic carbocycles. The molecule has 3 aromatic rings. The molecular formula is C25H33N5O5S3. The van der Waals surface area contributed by atoms with Crippen molar-refractivity contribution in [2.75, 3.05) is 23.1 Å². The van der Waals surface area contributed by atoms with Crippen LogP contribution in [0, 0.1) is 11.8 Å². The van der Waals surface area contributed by atoms with Crippen molar-refractivity contribution in [3.63, 3.8) is 0 Å². The Morgan fingerprint density at radius 3 is 1.92 bits per heavy atom. The van der Waals surface area contributed by atoms with Gasteiger partial charge in [-0.3, -0.25) is 9.52 Å². The van der Waals surface area contributed by atoms with E-state index in [4.69, 9.17) is 0 Å². The molecule has 0 bridgehead atoms. The van der Waals surface area contributed by atoms with Crippen LogP contribution in [0.2, 0.25) is 0 Å². The highest BCUT2D eigenvalue weighted by atomic mass is 32.2. The molecule has 0 aliphatic carbocycles. The maximum Gasteiger partial charge on any atom is 0.263 e. The molecular weight excluding hydrogens is 547 g/mol. The van der Waals surface area contributed by atoms with Crippen molar-refractivity contribution < 1.29 is 21.6 Å². The summed E-state index contributed by atoms with van der Waals surface area (Å²) in [4.78, 5) is 12.9. The van der Waals surface area contributed by atoms with Gasteiger partial charge in [0.25, 0.3) is 15.9 Å². The van der Waals surface area contributed by atoms with Gasteiger partial charge in [-0.05, 0) is 66.8 Å². The number of rotatable bonds is 12. The zero-order chi connectivity index (χ0) is 28.1. The molecule has 0 atom stereocenters. The van der Waals surface area contributed by atoms with E-state index in [0.29, 0.717) is 25.2 Å². The van der Waals surface area contributed by atoms with Gasteiger partial charge < -0.3 is 5.32 Å². The SMILES string of the molecule is CCc1nnc(NS(=O)(=O)c2ccc(NC(=O)c3ccc(S(=O)(=O)N(CC(C)C)CC(C)C)cc3)cc2)s1. The average molecular weight is 580 g/mol. The number of aryl methyl sites for hydroxylation is 1. The lowest BCUT2D eigenvalue weighted by molar-refractivity contribution is 0.102. The predicted molar refractivity (Wildman–Crippen MR) is 149 cm³/mol. The monoisotopic (exact) mass is 579 g/mol. The van der Waals surface area contributed by atoms with Crippen molar-refractivity contribution >= 4 is 48.1 Å². The largest absolute Gasteiger partial charge is 0.322 e. The minimum absolute atomic E-state index is 0.00524. The summed E-state index contributed by atoms with van der Waals surface area (Å²) in [7, 11) is -7.57. The number of nitrogens with zero attached hydrogens (tertiary/aromatic N) is 3. The molecule has 0 fully saturated rings. The van der Waals surface area contributed by atoms with Crippen LogP contribution in [-0.4, -0.2) is 50.3 Å². The Bertz CT molecular complexity index is 1440. The van der Waals surface area contributed by atoms with E-state index in [1.807, 2.05) is 34.6 Å². The maximum absolute atomic E-state index is 13.2. The normalized spacial score (nSPS) is 12.3. The first-order valence-corrected chi connectivity index (χ1v) is 15.9. The Hall–Kier alpha value is -2.87. The minimum Gasteiger partial charge on any atom is -0.322 e. The van der Waals surface area contributed by atoms with Crippen molar-refractivity contribution in [2.45, 2.75) is 50.8 Å². The van der Waals surface area contributed by atoms with Gasteiger partial charge in [-0.1, -0.05) is 46.0 Å². The molecule has 38 heavy (non-hydrogen) atoms. The van der Waals surface area contributed by atoms with Crippen LogP contribution in [0.15, 0.2) is 58.3 Å². The smallest absolute Gasteiger partial charge is 0.263 e. The summed E-state index contributed by atoms with van der Waals surface area (Å²) in [6, 6.07) is 11.5. The van der Waals surface area contributed by atoms with Crippen LogP contribution in [0.5, 0.6) is 0 Å². The molecule has 0 unspecified atom stereocenters. The van der Waals surface area contributed by atoms with Crippen molar-refractivity contribution in [1.29, 1.82) is 0 Å². The second kappa shape index (κ2) is 12.3. The number of carbonyl (C=O) groups is 1. The molecule has 3 rings (SSSR count). The number of nitrogens with one attached hydrogen (secondary N) is 2. The van der Waals surface area contributed by atoms with Gasteiger partial charge in [0.2, 0.25) is 15.2 Å². The Balaban J connectivity index is 1.69. The summed E-state index contributed by atoms with van der Waals surface area (Å²) in [6.07, 6.45) is 0.654. The van der Waals surface area contributed by atoms with Crippen molar-refractivity contribution in [1.82, 2.24) is 14.5 Å². The Labute approximate surface area is 228 Å². The number of aromatic nitrogens is 2. The van der Waals surface area contributed by atoms with Gasteiger partial charge >= 0.3 is 0 Å². The number of amides is 1. The number of hydrogen-bond acceptors (Lipinski definition) is 8. The molecule has 10 nitrogen and oxygen atoms in total. The molecule has 0 saturated heterocycles. The standard InChI is InChI=1S/C25H33N5O5S3/c1-6-23-27-28-25(36-23)29-37(32,33)21-13-9-20(10-14-21)26-24(31)19-7-11-22(12-8-19)38(34,35)30(15-17(2)3)16-18(4)5/h7-14,17-18H,6,15-16H2,1-5H3,(H,26,31)(H,28,29). The molecule has 206 valence electrons. The summed E-state index contributed by atoms with van der Waals surface area (Å²) in [5, 5.41) is 11.3. The fourth-order valence-electron chi connectivity index (χ4n) is 3.54. The van der Waals surface area contributed by atoms with E-state index in [-0.39, 0.29) is 32.3 Å². The predicted octanol–water partition coefficient (Wildman–Crippen LogP) is 4.46. The molecule has 0 spiro atoms. The van der Waals surface area contributed by atoms with E-state index < -0.39 is 26.0 Å². The first kappa shape index (κ1) is 29.7. The quantitative estimate of drug-likeness (QED) is 0.323. The molecule has 1 heterocycles. The van der Waals surface area contributed by atoms with Crippen LogP contribution < -0.4 is 10.0 Å². The molecule has 1 amide bonds. The third-order valence-electron chi connectivity index (χ3n) is 5.31. The zero-order valence-corrected chi connectivity index (χ0v) is 24.5. The molecule has 1 aromatic heterocycles. The topological polar surface area (TPSA) is 138 Å². The minimum atomic E-state index is -3.86. The Morgan fingerprint density at radius 2 is 1.42 bits per heavy atom. The van der Waals surface area contributed by atoms with Gasteiger partial charge in [-0.2, -0.15) is 4.31 Å². The fraction of sp³-hybridized carbons (Fsp3) is 0.400. The number of anilines is 2. The lowest BCUT2D eigenvalue weighted by Gasteiger charge is -2.25. The second-order valence-electron chi connectivity index (χ2n) is 9.57. The van der Waals surface area contributed by atoms with Gasteiger partial charge in [0.15, 0.2) is 0 Å². The van der Waals surface area contributed by atoms with E-state index in [9.17, 15) is 21.6 Å². The van der Waals surface area contributed by atoms with E-state index in [1.54, 1.807) is 0 Å². The first-order valence-electron chi connectivity index (χ1n) is 12.2. The Kier molecular flexibility index (Phi) is 9.63. The average Bonchev–Trinajstić information content (AvgIpc) is 3.30. The highest BCUT2D eigenvalue weighted by Gasteiger charge is 2.26. The van der Waals surface area contributed by atoms with Gasteiger partial charge in [0.1, 0.15) is 5.01 Å². The van der Waals surface area contributed by atoms with Crippen LogP contribution in [0.1, 0.15) is 50.0 Å². The van der Waals surface area contributed by atoms with E-state index in [2.05, 4.69) is 20.2 Å². The Morgan fingerprint density at radius 1 is 0.868 bits per heavy atom. The molecule has 0 aliphatic rings. The highest BCUT2D eigenvalue weighted by molar-refractivity contribution is 7.93. The lowest BCUT2D eigenvalue weighted by atomic mass is 10.2. The number of sulfonamides is 2. The van der Waals surface area contributed by atoms with Gasteiger partial charge in [-0.15, -0.1) is 10.2 Å². The zero-order valence-electron chi connectivity index (χ0n) is 22.0. The van der Waals surface area contributed by atoms with Crippen molar-refractivity contribution in [3.8, 4) is 0 Å². The summed E-state index contributed by atoms with van der Waals surface area (Å²) >= 11 is 1.16. The number of carbonyl (C=O) groups excluding carboxylic acids is 1. The highest BCUT2D eigenvalue weighted by Crippen LogP contribution is 2.23. The third kappa shape index (κ3) is 7.59. The first-order chi connectivity index (χ1) is 17.8. The van der Waals surface area contributed by atoms with Gasteiger partial charge in [0.05, 0.1) is 9.79 Å². The molecule has 0 saturated carbocycles. The molecule has 2 N–H and O–H groups in total. The van der Waals surface area contributed by atoms with Crippen LogP contribution in [0.3, 0.4) is 0 Å². The molecule has 13 heteroatoms. The van der Waals surface area contributed by atoms with E-state index in [1.165, 1.54) is 52.8 Å². The maximum atomic E-state index is 13.2. The molecule has 0 aliphatic heterocycles. The molecule has 0 radical (unpaired) electrons. The van der Waals surface area contributed by atoms with E-state index in [0.717, 1.165) is 16.3 Å². The lowest BCUT2D eigenvalue weighted by Crippen LogP contribution is -2.37. The second-order valence-corrected chi connectivity index (χ2v) is 14.3. The summed E-state index contributed by atoms with van der Waals surface area (Å²) in [5.41, 5.74) is 0.652. The number of hydrogen-bond donors (Lipinski definition) is 2. The summed E-state index contributed by atoms with van der Waals surface area (Å²) < 4.78 is 55.5. The van der Waals surface area contributed by atoms with Crippen LogP contribution >= 0.6 is 11.3 Å². The van der Waals surface area contributed by atoms with Crippen LogP contribution in [0.25, 0.3) is 0 Å². The van der Waals surface area contributed by atoms with Crippen molar-refractivity contribution in [3.05, 3.63) is 59.1 Å². The van der Waals surface area contributed by atoms with Crippen molar-refractivity contribution in [2.24, 2.45) is 11.8 Å². The van der Waals surface area contributed by atoms with Crippen LogP contribution in [0.4, 0.5) is 10.8 Å². The third-order valence-corrected chi connectivity index (χ3v) is 9.62. The van der Waals surface area contributed by atoms with Crippen LogP contribution in [-0.2, 0) is 26.5 Å². The summed E-state index contributed by atoms with van der Waals surface area (Å²) in [5.74, 6) is -0.113.